The molecule has 0 spiro atoms. The van der Waals surface area contributed by atoms with Crippen molar-refractivity contribution in [3.63, 3.8) is 0 Å². The van der Waals surface area contributed by atoms with Gasteiger partial charge in [0.15, 0.2) is 11.0 Å². The second-order valence-corrected chi connectivity index (χ2v) is 6.54. The van der Waals surface area contributed by atoms with E-state index in [0.29, 0.717) is 6.04 Å². The van der Waals surface area contributed by atoms with E-state index in [-0.39, 0.29) is 0 Å². The van der Waals surface area contributed by atoms with Crippen LogP contribution in [0.25, 0.3) is 0 Å². The van der Waals surface area contributed by atoms with Crippen molar-refractivity contribution in [3.8, 4) is 5.75 Å². The highest BCUT2D eigenvalue weighted by Gasteiger charge is 2.30. The molecule has 6 heteroatoms. The van der Waals surface area contributed by atoms with Crippen LogP contribution in [-0.4, -0.2) is 39.6 Å². The van der Waals surface area contributed by atoms with Gasteiger partial charge in [0.1, 0.15) is 5.75 Å². The minimum Gasteiger partial charge on any atom is -0.497 e. The monoisotopic (exact) mass is 332 g/mol. The summed E-state index contributed by atoms with van der Waals surface area (Å²) >= 11 is 1.67. The van der Waals surface area contributed by atoms with Gasteiger partial charge in [0.25, 0.3) is 0 Å². The van der Waals surface area contributed by atoms with Crippen LogP contribution in [0.1, 0.15) is 37.2 Å². The maximum Gasteiger partial charge on any atom is 0.190 e. The molecule has 1 aliphatic heterocycles. The number of hydrogen-bond acceptors (Lipinski definition) is 5. The first-order chi connectivity index (χ1) is 11.3. The molecule has 2 aromatic rings. The predicted octanol–water partition coefficient (Wildman–Crippen LogP) is 3.37. The van der Waals surface area contributed by atoms with E-state index in [4.69, 9.17) is 4.74 Å². The van der Waals surface area contributed by atoms with E-state index in [1.807, 2.05) is 12.1 Å². The fourth-order valence-electron chi connectivity index (χ4n) is 3.27. The lowest BCUT2D eigenvalue weighted by molar-refractivity contribution is 0.234. The van der Waals surface area contributed by atoms with E-state index >= 15 is 0 Å². The molecule has 5 nitrogen and oxygen atoms in total. The van der Waals surface area contributed by atoms with Crippen molar-refractivity contribution in [2.24, 2.45) is 0 Å². The van der Waals surface area contributed by atoms with Crippen molar-refractivity contribution in [2.45, 2.75) is 44.1 Å². The minimum atomic E-state index is 0.366. The Morgan fingerprint density at radius 2 is 2.04 bits per heavy atom. The van der Waals surface area contributed by atoms with Gasteiger partial charge in [-0.2, -0.15) is 0 Å². The fourth-order valence-corrected chi connectivity index (χ4v) is 3.83. The van der Waals surface area contributed by atoms with E-state index in [0.717, 1.165) is 42.8 Å². The third-order valence-electron chi connectivity index (χ3n) is 4.45. The number of aromatic nitrogens is 3. The van der Waals surface area contributed by atoms with Crippen LogP contribution in [0.5, 0.6) is 5.75 Å². The molecule has 0 bridgehead atoms. The first-order valence-electron chi connectivity index (χ1n) is 8.11. The van der Waals surface area contributed by atoms with Crippen LogP contribution >= 0.6 is 11.8 Å². The number of thioether (sulfide) groups is 1. The number of benzene rings is 1. The summed E-state index contributed by atoms with van der Waals surface area (Å²) in [5.74, 6) is 2.02. The zero-order chi connectivity index (χ0) is 16.2. The van der Waals surface area contributed by atoms with Crippen molar-refractivity contribution >= 4 is 11.8 Å². The van der Waals surface area contributed by atoms with Gasteiger partial charge < -0.3 is 9.30 Å². The summed E-state index contributed by atoms with van der Waals surface area (Å²) in [7, 11) is 1.70. The molecule has 1 fully saturated rings. The SMILES string of the molecule is CCn1c(SC)nnc1C1CCCN1Cc1ccc(OC)cc1. The number of methoxy groups -OCH3 is 1. The van der Waals surface area contributed by atoms with E-state index < -0.39 is 0 Å². The smallest absolute Gasteiger partial charge is 0.190 e. The quantitative estimate of drug-likeness (QED) is 0.759. The summed E-state index contributed by atoms with van der Waals surface area (Å²) < 4.78 is 7.49. The summed E-state index contributed by atoms with van der Waals surface area (Å²) in [5, 5.41) is 9.85. The first kappa shape index (κ1) is 16.3. The van der Waals surface area contributed by atoms with Gasteiger partial charge in [0.05, 0.1) is 13.2 Å². The molecule has 0 saturated carbocycles. The molecule has 1 aromatic carbocycles. The van der Waals surface area contributed by atoms with Gasteiger partial charge in [-0.3, -0.25) is 4.90 Å². The molecule has 1 saturated heterocycles. The van der Waals surface area contributed by atoms with E-state index in [1.165, 1.54) is 12.0 Å². The lowest BCUT2D eigenvalue weighted by atomic mass is 10.1. The fraction of sp³-hybridized carbons (Fsp3) is 0.529. The minimum absolute atomic E-state index is 0.366. The first-order valence-corrected chi connectivity index (χ1v) is 9.33. The van der Waals surface area contributed by atoms with E-state index in [2.05, 4.69) is 45.0 Å². The zero-order valence-electron chi connectivity index (χ0n) is 14.0. The molecule has 1 unspecified atom stereocenters. The number of likely N-dealkylation sites (tertiary alicyclic amines) is 1. The van der Waals surface area contributed by atoms with Crippen molar-refractivity contribution in [2.75, 3.05) is 19.9 Å². The van der Waals surface area contributed by atoms with Gasteiger partial charge in [0, 0.05) is 13.1 Å². The molecule has 23 heavy (non-hydrogen) atoms. The number of hydrogen-bond donors (Lipinski definition) is 0. The van der Waals surface area contributed by atoms with Gasteiger partial charge in [-0.25, -0.2) is 0 Å². The molecule has 0 aliphatic carbocycles. The van der Waals surface area contributed by atoms with Gasteiger partial charge >= 0.3 is 0 Å². The average Bonchev–Trinajstić information content (AvgIpc) is 3.20. The van der Waals surface area contributed by atoms with Crippen molar-refractivity contribution in [3.05, 3.63) is 35.7 Å². The third kappa shape index (κ3) is 3.38. The highest BCUT2D eigenvalue weighted by atomic mass is 32.2. The summed E-state index contributed by atoms with van der Waals surface area (Å²) in [6.45, 7) is 5.14. The standard InChI is InChI=1S/C17H24N4OS/c1-4-21-16(18-19-17(21)23-3)15-6-5-11-20(15)12-13-7-9-14(22-2)10-8-13/h7-10,15H,4-6,11-12H2,1-3H3. The van der Waals surface area contributed by atoms with Crippen LogP contribution in [0.4, 0.5) is 0 Å². The van der Waals surface area contributed by atoms with Crippen LogP contribution < -0.4 is 4.74 Å². The highest BCUT2D eigenvalue weighted by molar-refractivity contribution is 7.98. The Hall–Kier alpha value is -1.53. The summed E-state index contributed by atoms with van der Waals surface area (Å²) in [5.41, 5.74) is 1.31. The molecule has 124 valence electrons. The Morgan fingerprint density at radius 3 is 2.70 bits per heavy atom. The van der Waals surface area contributed by atoms with Gasteiger partial charge in [-0.15, -0.1) is 10.2 Å². The van der Waals surface area contributed by atoms with Crippen molar-refractivity contribution < 1.29 is 4.74 Å². The molecule has 1 aromatic heterocycles. The Morgan fingerprint density at radius 1 is 1.26 bits per heavy atom. The molecule has 0 radical (unpaired) electrons. The molecule has 1 aliphatic rings. The van der Waals surface area contributed by atoms with Crippen LogP contribution in [0.2, 0.25) is 0 Å². The lowest BCUT2D eigenvalue weighted by Gasteiger charge is -2.24. The number of rotatable bonds is 6. The number of nitrogens with zero attached hydrogens (tertiary/aromatic N) is 4. The second kappa shape index (κ2) is 7.36. The Bertz CT molecular complexity index is 641. The molecular formula is C17H24N4OS. The van der Waals surface area contributed by atoms with Crippen molar-refractivity contribution in [1.82, 2.24) is 19.7 Å². The van der Waals surface area contributed by atoms with Crippen molar-refractivity contribution in [1.29, 1.82) is 0 Å². The Balaban J connectivity index is 1.78. The molecule has 1 atom stereocenters. The predicted molar refractivity (Wildman–Crippen MR) is 92.9 cm³/mol. The lowest BCUT2D eigenvalue weighted by Crippen LogP contribution is -2.25. The summed E-state index contributed by atoms with van der Waals surface area (Å²) in [6, 6.07) is 8.71. The zero-order valence-corrected chi connectivity index (χ0v) is 14.8. The van der Waals surface area contributed by atoms with Crippen LogP contribution in [-0.2, 0) is 13.1 Å². The second-order valence-electron chi connectivity index (χ2n) is 5.77. The Labute approximate surface area is 142 Å². The topological polar surface area (TPSA) is 43.2 Å². The van der Waals surface area contributed by atoms with Crippen LogP contribution in [0, 0.1) is 0 Å². The Kier molecular flexibility index (Phi) is 5.23. The van der Waals surface area contributed by atoms with Gasteiger partial charge in [0.2, 0.25) is 0 Å². The molecule has 0 amide bonds. The maximum atomic E-state index is 5.24. The van der Waals surface area contributed by atoms with Gasteiger partial charge in [-0.05, 0) is 50.3 Å². The normalized spacial score (nSPS) is 18.5. The molecular weight excluding hydrogens is 308 g/mol. The third-order valence-corrected chi connectivity index (χ3v) is 5.12. The summed E-state index contributed by atoms with van der Waals surface area (Å²) in [4.78, 5) is 2.52. The number of ether oxygens (including phenoxy) is 1. The van der Waals surface area contributed by atoms with Gasteiger partial charge in [-0.1, -0.05) is 23.9 Å². The van der Waals surface area contributed by atoms with Crippen LogP contribution in [0.15, 0.2) is 29.4 Å². The largest absolute Gasteiger partial charge is 0.497 e. The maximum absolute atomic E-state index is 5.24. The summed E-state index contributed by atoms with van der Waals surface area (Å²) in [6.07, 6.45) is 4.43. The highest BCUT2D eigenvalue weighted by Crippen LogP contribution is 2.33. The molecule has 2 heterocycles. The van der Waals surface area contributed by atoms with Crippen LogP contribution in [0.3, 0.4) is 0 Å². The average molecular weight is 332 g/mol. The van der Waals surface area contributed by atoms with E-state index in [1.54, 1.807) is 18.9 Å². The molecule has 3 rings (SSSR count). The van der Waals surface area contributed by atoms with E-state index in [9.17, 15) is 0 Å². The molecule has 0 N–H and O–H groups in total.